The van der Waals surface area contributed by atoms with Gasteiger partial charge in [-0.1, -0.05) is 6.07 Å². The van der Waals surface area contributed by atoms with E-state index in [1.807, 2.05) is 0 Å². The predicted molar refractivity (Wildman–Crippen MR) is 109 cm³/mol. The van der Waals surface area contributed by atoms with Crippen molar-refractivity contribution < 1.29 is 23.5 Å². The molecule has 0 unspecified atom stereocenters. The zero-order valence-corrected chi connectivity index (χ0v) is 17.3. The minimum atomic E-state index is -0.668. The van der Waals surface area contributed by atoms with Gasteiger partial charge in [-0.3, -0.25) is 14.4 Å². The van der Waals surface area contributed by atoms with Crippen LogP contribution in [0.5, 0.6) is 0 Å². The second-order valence-electron chi connectivity index (χ2n) is 9.54. The number of esters is 1. The molecular weight excluding hydrogens is 387 g/mol. The minimum absolute atomic E-state index is 0.117. The van der Waals surface area contributed by atoms with Gasteiger partial charge in [0, 0.05) is 12.1 Å². The fraction of sp³-hybridized carbons (Fsp3) is 0.609. The van der Waals surface area contributed by atoms with Gasteiger partial charge in [0.2, 0.25) is 5.91 Å². The van der Waals surface area contributed by atoms with Crippen LogP contribution in [0.25, 0.3) is 0 Å². The Labute approximate surface area is 175 Å². The highest BCUT2D eigenvalue weighted by atomic mass is 19.1. The van der Waals surface area contributed by atoms with E-state index in [1.54, 1.807) is 19.1 Å². The fourth-order valence-electron chi connectivity index (χ4n) is 6.15. The van der Waals surface area contributed by atoms with Crippen molar-refractivity contribution in [1.29, 1.82) is 0 Å². The molecule has 0 aliphatic heterocycles. The lowest BCUT2D eigenvalue weighted by molar-refractivity contribution is -0.147. The van der Waals surface area contributed by atoms with E-state index in [4.69, 9.17) is 4.74 Å². The van der Waals surface area contributed by atoms with E-state index in [-0.39, 0.29) is 17.9 Å². The summed E-state index contributed by atoms with van der Waals surface area (Å²) in [5.74, 6) is 0.546. The van der Waals surface area contributed by atoms with Gasteiger partial charge in [0.1, 0.15) is 12.4 Å². The molecule has 0 spiro atoms. The van der Waals surface area contributed by atoms with Gasteiger partial charge in [-0.15, -0.1) is 0 Å². The first-order valence-corrected chi connectivity index (χ1v) is 10.8. The van der Waals surface area contributed by atoms with Gasteiger partial charge in [0.05, 0.1) is 0 Å². The number of hydrogen-bond donors (Lipinski definition) is 2. The molecule has 4 aliphatic rings. The molecule has 2 amide bonds. The lowest BCUT2D eigenvalue weighted by atomic mass is 9.49. The van der Waals surface area contributed by atoms with Crippen molar-refractivity contribution in [2.45, 2.75) is 51.9 Å². The monoisotopic (exact) mass is 416 g/mol. The average molecular weight is 416 g/mol. The second kappa shape index (κ2) is 8.36. The molecule has 162 valence electrons. The molecule has 0 saturated heterocycles. The number of halogens is 1. The molecular formula is C23H29FN2O4. The maximum Gasteiger partial charge on any atom is 0.325 e. The molecule has 1 aromatic rings. The van der Waals surface area contributed by atoms with E-state index in [0.717, 1.165) is 37.0 Å². The van der Waals surface area contributed by atoms with Crippen LogP contribution in [0, 0.1) is 35.9 Å². The molecule has 0 radical (unpaired) electrons. The Morgan fingerprint density at radius 3 is 2.30 bits per heavy atom. The van der Waals surface area contributed by atoms with Crippen LogP contribution in [-0.4, -0.2) is 30.9 Å². The third-order valence-corrected chi connectivity index (χ3v) is 6.95. The highest BCUT2D eigenvalue weighted by Gasteiger charge is 2.51. The van der Waals surface area contributed by atoms with Crippen molar-refractivity contribution in [2.24, 2.45) is 23.2 Å². The van der Waals surface area contributed by atoms with Crippen molar-refractivity contribution in [3.05, 3.63) is 29.6 Å². The standard InChI is InChI=1S/C23H29FN2O4/c1-14-2-3-18(7-19(14)24)26-21(28)13-30-22(29)12-25-20(27)11-23-8-15-4-16(9-23)6-17(5-15)10-23/h2-3,7,15-17H,4-6,8-13H2,1H3,(H,25,27)(H,26,28). The Balaban J connectivity index is 1.17. The summed E-state index contributed by atoms with van der Waals surface area (Å²) in [5.41, 5.74) is 0.887. The van der Waals surface area contributed by atoms with Crippen LogP contribution in [-0.2, 0) is 19.1 Å². The van der Waals surface area contributed by atoms with E-state index in [2.05, 4.69) is 10.6 Å². The Bertz CT molecular complexity index is 818. The number of ether oxygens (including phenoxy) is 1. The number of rotatable bonds is 7. The first-order valence-electron chi connectivity index (χ1n) is 10.8. The molecule has 7 heteroatoms. The summed E-state index contributed by atoms with van der Waals surface area (Å²) in [5, 5.41) is 5.12. The molecule has 4 bridgehead atoms. The average Bonchev–Trinajstić information content (AvgIpc) is 2.66. The Morgan fingerprint density at radius 2 is 1.70 bits per heavy atom. The van der Waals surface area contributed by atoms with Crippen molar-refractivity contribution in [2.75, 3.05) is 18.5 Å². The molecule has 2 N–H and O–H groups in total. The summed E-state index contributed by atoms with van der Waals surface area (Å²) < 4.78 is 18.4. The maximum absolute atomic E-state index is 13.5. The smallest absolute Gasteiger partial charge is 0.325 e. The van der Waals surface area contributed by atoms with E-state index >= 15 is 0 Å². The normalized spacial score (nSPS) is 28.8. The molecule has 5 rings (SSSR count). The van der Waals surface area contributed by atoms with Crippen LogP contribution in [0.4, 0.5) is 10.1 Å². The van der Waals surface area contributed by atoms with Gasteiger partial charge in [0.25, 0.3) is 5.91 Å². The lowest BCUT2D eigenvalue weighted by Crippen LogP contribution is -2.48. The van der Waals surface area contributed by atoms with Crippen LogP contribution < -0.4 is 10.6 Å². The van der Waals surface area contributed by atoms with Gasteiger partial charge in [0.15, 0.2) is 6.61 Å². The number of aryl methyl sites for hydroxylation is 1. The fourth-order valence-corrected chi connectivity index (χ4v) is 6.15. The Hall–Kier alpha value is -2.44. The quantitative estimate of drug-likeness (QED) is 0.668. The number of hydrogen-bond acceptors (Lipinski definition) is 4. The van der Waals surface area contributed by atoms with Crippen LogP contribution >= 0.6 is 0 Å². The van der Waals surface area contributed by atoms with Crippen molar-refractivity contribution >= 4 is 23.5 Å². The number of carbonyl (C=O) groups excluding carboxylic acids is 3. The van der Waals surface area contributed by atoms with Gasteiger partial charge in [-0.25, -0.2) is 4.39 Å². The predicted octanol–water partition coefficient (Wildman–Crippen LogP) is 3.34. The SMILES string of the molecule is Cc1ccc(NC(=O)COC(=O)CNC(=O)CC23CC4CC(CC(C4)C2)C3)cc1F. The Morgan fingerprint density at radius 1 is 1.07 bits per heavy atom. The number of amides is 2. The zero-order valence-electron chi connectivity index (χ0n) is 17.3. The first kappa shape index (κ1) is 20.8. The zero-order chi connectivity index (χ0) is 21.3. The number of benzene rings is 1. The molecule has 4 saturated carbocycles. The Kier molecular flexibility index (Phi) is 5.80. The highest BCUT2D eigenvalue weighted by molar-refractivity contribution is 5.93. The van der Waals surface area contributed by atoms with E-state index in [0.29, 0.717) is 17.7 Å². The molecule has 6 nitrogen and oxygen atoms in total. The van der Waals surface area contributed by atoms with E-state index in [1.165, 1.54) is 25.3 Å². The van der Waals surface area contributed by atoms with Gasteiger partial charge < -0.3 is 15.4 Å². The van der Waals surface area contributed by atoms with Gasteiger partial charge >= 0.3 is 5.97 Å². The molecule has 0 aromatic heterocycles. The topological polar surface area (TPSA) is 84.5 Å². The van der Waals surface area contributed by atoms with E-state index < -0.39 is 24.3 Å². The number of carbonyl (C=O) groups is 3. The molecule has 30 heavy (non-hydrogen) atoms. The summed E-state index contributed by atoms with van der Waals surface area (Å²) in [4.78, 5) is 36.2. The highest BCUT2D eigenvalue weighted by Crippen LogP contribution is 2.61. The molecule has 0 atom stereocenters. The van der Waals surface area contributed by atoms with Crippen molar-refractivity contribution in [3.63, 3.8) is 0 Å². The number of anilines is 1. The van der Waals surface area contributed by atoms with Gasteiger partial charge in [-0.2, -0.15) is 0 Å². The third-order valence-electron chi connectivity index (χ3n) is 6.95. The maximum atomic E-state index is 13.5. The molecule has 4 fully saturated rings. The van der Waals surface area contributed by atoms with Crippen LogP contribution in [0.3, 0.4) is 0 Å². The van der Waals surface area contributed by atoms with E-state index in [9.17, 15) is 18.8 Å². The van der Waals surface area contributed by atoms with Crippen LogP contribution in [0.15, 0.2) is 18.2 Å². The first-order chi connectivity index (χ1) is 14.3. The minimum Gasteiger partial charge on any atom is -0.454 e. The molecule has 4 aliphatic carbocycles. The summed E-state index contributed by atoms with van der Waals surface area (Å²) in [6.45, 7) is 0.886. The summed E-state index contributed by atoms with van der Waals surface area (Å²) in [7, 11) is 0. The van der Waals surface area contributed by atoms with Crippen LogP contribution in [0.2, 0.25) is 0 Å². The molecule has 0 heterocycles. The summed E-state index contributed by atoms with van der Waals surface area (Å²) in [6.07, 6.45) is 7.85. The summed E-state index contributed by atoms with van der Waals surface area (Å²) in [6, 6.07) is 4.33. The van der Waals surface area contributed by atoms with Crippen LogP contribution in [0.1, 0.15) is 50.5 Å². The molecule has 1 aromatic carbocycles. The number of nitrogens with one attached hydrogen (secondary N) is 2. The summed E-state index contributed by atoms with van der Waals surface area (Å²) >= 11 is 0. The van der Waals surface area contributed by atoms with Crippen molar-refractivity contribution in [3.8, 4) is 0 Å². The van der Waals surface area contributed by atoms with Gasteiger partial charge in [-0.05, 0) is 86.3 Å². The third kappa shape index (κ3) is 4.82. The largest absolute Gasteiger partial charge is 0.454 e. The van der Waals surface area contributed by atoms with Crippen molar-refractivity contribution in [1.82, 2.24) is 5.32 Å². The lowest BCUT2D eigenvalue weighted by Gasteiger charge is -2.56. The second-order valence-corrected chi connectivity index (χ2v) is 9.54.